The molecule has 0 aliphatic carbocycles. The van der Waals surface area contributed by atoms with Gasteiger partial charge in [-0.25, -0.2) is 4.39 Å². The molecule has 0 unspecified atom stereocenters. The fourth-order valence-corrected chi connectivity index (χ4v) is 3.51. The molecule has 8 heteroatoms. The first kappa shape index (κ1) is 20.6. The Kier molecular flexibility index (Phi) is 6.97. The number of hydrogen-bond acceptors (Lipinski definition) is 4. The first-order chi connectivity index (χ1) is 12.0. The molecule has 0 aromatic heterocycles. The molecule has 1 aromatic rings. The van der Waals surface area contributed by atoms with Gasteiger partial charge in [0.05, 0.1) is 12.0 Å². The summed E-state index contributed by atoms with van der Waals surface area (Å²) in [6, 6.07) is 6.22. The minimum Gasteiger partial charge on any atom is -0.381 e. The second-order valence-corrected chi connectivity index (χ2v) is 6.77. The van der Waals surface area contributed by atoms with Crippen LogP contribution in [0, 0.1) is 11.2 Å². The molecule has 1 aromatic carbocycles. The summed E-state index contributed by atoms with van der Waals surface area (Å²) >= 11 is 0. The molecule has 3 rings (SSSR count). The minimum absolute atomic E-state index is 0. The van der Waals surface area contributed by atoms with Crippen molar-refractivity contribution in [1.82, 2.24) is 9.80 Å². The van der Waals surface area contributed by atoms with Crippen molar-refractivity contribution < 1.29 is 18.7 Å². The highest BCUT2D eigenvalue weighted by Gasteiger charge is 2.43. The normalized spacial score (nSPS) is 19.8. The van der Waals surface area contributed by atoms with E-state index in [9.17, 15) is 14.0 Å². The molecule has 6 nitrogen and oxygen atoms in total. The standard InChI is InChI=1S/C18H24FN3O3.ClH/c19-15-3-1-2-14(10-15)11-21-6-7-22(12-16(21)23)17(24)18(13-20)4-8-25-9-5-18;/h1-3,10H,4-9,11-13,20H2;1H. The molecule has 2 fully saturated rings. The first-order valence-electron chi connectivity index (χ1n) is 8.63. The van der Waals surface area contributed by atoms with Crippen molar-refractivity contribution >= 4 is 24.2 Å². The van der Waals surface area contributed by atoms with Crippen molar-refractivity contribution in [2.24, 2.45) is 11.1 Å². The highest BCUT2D eigenvalue weighted by molar-refractivity contribution is 5.89. The van der Waals surface area contributed by atoms with E-state index in [1.54, 1.807) is 21.9 Å². The van der Waals surface area contributed by atoms with Gasteiger partial charge in [-0.15, -0.1) is 12.4 Å². The number of carbonyl (C=O) groups excluding carboxylic acids is 2. The Morgan fingerprint density at radius 3 is 2.62 bits per heavy atom. The second kappa shape index (κ2) is 8.79. The molecule has 2 aliphatic rings. The molecule has 2 heterocycles. The molecule has 2 amide bonds. The Balaban J connectivity index is 0.00000243. The smallest absolute Gasteiger partial charge is 0.242 e. The van der Waals surface area contributed by atoms with Crippen LogP contribution in [0.5, 0.6) is 0 Å². The summed E-state index contributed by atoms with van der Waals surface area (Å²) in [5, 5.41) is 0. The van der Waals surface area contributed by atoms with Crippen molar-refractivity contribution in [2.75, 3.05) is 39.4 Å². The maximum Gasteiger partial charge on any atom is 0.242 e. The number of nitrogens with two attached hydrogens (primary N) is 1. The lowest BCUT2D eigenvalue weighted by Crippen LogP contribution is -2.57. The van der Waals surface area contributed by atoms with Gasteiger partial charge < -0.3 is 20.3 Å². The number of piperazine rings is 1. The summed E-state index contributed by atoms with van der Waals surface area (Å²) in [6.07, 6.45) is 1.19. The molecule has 0 saturated carbocycles. The Morgan fingerprint density at radius 1 is 1.27 bits per heavy atom. The zero-order valence-electron chi connectivity index (χ0n) is 14.7. The van der Waals surface area contributed by atoms with Crippen molar-refractivity contribution in [1.29, 1.82) is 0 Å². The third kappa shape index (κ3) is 4.34. The second-order valence-electron chi connectivity index (χ2n) is 6.77. The molecule has 2 saturated heterocycles. The van der Waals surface area contributed by atoms with Crippen LogP contribution in [0.25, 0.3) is 0 Å². The van der Waals surface area contributed by atoms with Gasteiger partial charge in [-0.1, -0.05) is 12.1 Å². The zero-order chi connectivity index (χ0) is 17.9. The van der Waals surface area contributed by atoms with Crippen LogP contribution in [-0.4, -0.2) is 61.0 Å². The van der Waals surface area contributed by atoms with Crippen LogP contribution in [0.2, 0.25) is 0 Å². The van der Waals surface area contributed by atoms with E-state index in [2.05, 4.69) is 0 Å². The van der Waals surface area contributed by atoms with E-state index in [0.717, 1.165) is 5.56 Å². The monoisotopic (exact) mass is 385 g/mol. The SMILES string of the molecule is Cl.NCC1(C(=O)N2CCN(Cc3cccc(F)c3)C(=O)C2)CCOCC1. The Hall–Kier alpha value is -1.70. The van der Waals surface area contributed by atoms with Gasteiger partial charge in [0.1, 0.15) is 5.82 Å². The van der Waals surface area contributed by atoms with E-state index in [1.807, 2.05) is 0 Å². The lowest BCUT2D eigenvalue weighted by Gasteiger charge is -2.42. The number of nitrogens with zero attached hydrogens (tertiary/aromatic N) is 2. The molecule has 0 atom stereocenters. The highest BCUT2D eigenvalue weighted by Crippen LogP contribution is 2.32. The predicted octanol–water partition coefficient (Wildman–Crippen LogP) is 1.17. The molecule has 2 aliphatic heterocycles. The summed E-state index contributed by atoms with van der Waals surface area (Å²) in [5.41, 5.74) is 6.03. The summed E-state index contributed by atoms with van der Waals surface area (Å²) in [6.45, 7) is 2.64. The summed E-state index contributed by atoms with van der Waals surface area (Å²) in [5.74, 6) is -0.483. The number of carbonyl (C=O) groups is 2. The summed E-state index contributed by atoms with van der Waals surface area (Å²) < 4.78 is 18.6. The van der Waals surface area contributed by atoms with E-state index in [4.69, 9.17) is 10.5 Å². The van der Waals surface area contributed by atoms with Gasteiger partial charge in [-0.3, -0.25) is 9.59 Å². The van der Waals surface area contributed by atoms with Gasteiger partial charge in [0.2, 0.25) is 11.8 Å². The highest BCUT2D eigenvalue weighted by atomic mass is 35.5. The molecule has 0 spiro atoms. The van der Waals surface area contributed by atoms with E-state index in [0.29, 0.717) is 45.7 Å². The summed E-state index contributed by atoms with van der Waals surface area (Å²) in [4.78, 5) is 28.7. The van der Waals surface area contributed by atoms with Crippen molar-refractivity contribution in [2.45, 2.75) is 19.4 Å². The van der Waals surface area contributed by atoms with Crippen LogP contribution in [0.4, 0.5) is 4.39 Å². The number of hydrogen-bond donors (Lipinski definition) is 1. The Bertz CT molecular complexity index is 652. The van der Waals surface area contributed by atoms with Gasteiger partial charge in [0.15, 0.2) is 0 Å². The molecular formula is C18H25ClFN3O3. The lowest BCUT2D eigenvalue weighted by atomic mass is 9.78. The molecule has 2 N–H and O–H groups in total. The minimum atomic E-state index is -0.608. The maximum absolute atomic E-state index is 13.3. The van der Waals surface area contributed by atoms with Gasteiger partial charge in [0, 0.05) is 39.4 Å². The van der Waals surface area contributed by atoms with Gasteiger partial charge >= 0.3 is 0 Å². The van der Waals surface area contributed by atoms with Crippen LogP contribution in [-0.2, 0) is 20.9 Å². The molecule has 0 bridgehead atoms. The van der Waals surface area contributed by atoms with E-state index in [-0.39, 0.29) is 43.1 Å². The molecule has 26 heavy (non-hydrogen) atoms. The fraction of sp³-hybridized carbons (Fsp3) is 0.556. The van der Waals surface area contributed by atoms with Crippen LogP contribution in [0.3, 0.4) is 0 Å². The largest absolute Gasteiger partial charge is 0.381 e. The number of benzene rings is 1. The van der Waals surface area contributed by atoms with Crippen LogP contribution in [0.15, 0.2) is 24.3 Å². The number of ether oxygens (including phenoxy) is 1. The number of rotatable bonds is 4. The Labute approximate surface area is 158 Å². The topological polar surface area (TPSA) is 75.9 Å². The third-order valence-electron chi connectivity index (χ3n) is 5.16. The molecular weight excluding hydrogens is 361 g/mol. The average Bonchev–Trinajstić information content (AvgIpc) is 2.63. The summed E-state index contributed by atoms with van der Waals surface area (Å²) in [7, 11) is 0. The van der Waals surface area contributed by atoms with Crippen LogP contribution in [0.1, 0.15) is 18.4 Å². The quantitative estimate of drug-likeness (QED) is 0.844. The van der Waals surface area contributed by atoms with E-state index in [1.165, 1.54) is 12.1 Å². The van der Waals surface area contributed by atoms with Crippen LogP contribution >= 0.6 is 12.4 Å². The average molecular weight is 386 g/mol. The van der Waals surface area contributed by atoms with Crippen molar-refractivity contribution in [3.63, 3.8) is 0 Å². The van der Waals surface area contributed by atoms with Gasteiger partial charge in [0.25, 0.3) is 0 Å². The number of halogens is 2. The van der Waals surface area contributed by atoms with E-state index >= 15 is 0 Å². The van der Waals surface area contributed by atoms with E-state index < -0.39 is 5.41 Å². The fourth-order valence-electron chi connectivity index (χ4n) is 3.51. The van der Waals surface area contributed by atoms with Crippen molar-refractivity contribution in [3.05, 3.63) is 35.6 Å². The molecule has 0 radical (unpaired) electrons. The van der Waals surface area contributed by atoms with Gasteiger partial charge in [-0.05, 0) is 30.5 Å². The number of amides is 2. The predicted molar refractivity (Wildman–Crippen MR) is 97.2 cm³/mol. The zero-order valence-corrected chi connectivity index (χ0v) is 15.5. The maximum atomic E-state index is 13.3. The van der Waals surface area contributed by atoms with Gasteiger partial charge in [-0.2, -0.15) is 0 Å². The third-order valence-corrected chi connectivity index (χ3v) is 5.16. The lowest BCUT2D eigenvalue weighted by molar-refractivity contribution is -0.155. The first-order valence-corrected chi connectivity index (χ1v) is 8.63. The van der Waals surface area contributed by atoms with Crippen LogP contribution < -0.4 is 5.73 Å². The molecule has 144 valence electrons. The Morgan fingerprint density at radius 2 is 2.00 bits per heavy atom. The van der Waals surface area contributed by atoms with Crippen molar-refractivity contribution in [3.8, 4) is 0 Å².